The monoisotopic (exact) mass is 178 g/mol. The molecule has 0 amide bonds. The molecular weight excluding hydrogens is 172 g/mol. The van der Waals surface area contributed by atoms with E-state index in [4.69, 9.17) is 11.6 Å². The van der Waals surface area contributed by atoms with Gasteiger partial charge in [0, 0.05) is 5.39 Å². The summed E-state index contributed by atoms with van der Waals surface area (Å²) in [5.74, 6) is 0. The molecule has 0 fully saturated rings. The van der Waals surface area contributed by atoms with Crippen molar-refractivity contribution in [2.24, 2.45) is 0 Å². The van der Waals surface area contributed by atoms with E-state index in [1.165, 1.54) is 0 Å². The number of fused-ring (bicyclic) bond motifs is 1. The first-order valence-electron chi connectivity index (χ1n) is 3.65. The molecule has 0 saturated heterocycles. The molecule has 0 N–H and O–H groups in total. The number of benzene rings is 1. The standard InChI is InChI=1S/C9H7ClN2/c1-6-5-11-12-9-7(6)3-2-4-8(9)10/h2-5H,1H3. The summed E-state index contributed by atoms with van der Waals surface area (Å²) in [6.07, 6.45) is 1.73. The van der Waals surface area contributed by atoms with Crippen LogP contribution < -0.4 is 0 Å². The van der Waals surface area contributed by atoms with Crippen LogP contribution in [0.3, 0.4) is 0 Å². The molecule has 2 aromatic rings. The largest absolute Gasteiger partial charge is 0.158 e. The van der Waals surface area contributed by atoms with Crippen molar-refractivity contribution >= 4 is 22.5 Å². The summed E-state index contributed by atoms with van der Waals surface area (Å²) >= 11 is 5.93. The van der Waals surface area contributed by atoms with Crippen LogP contribution >= 0.6 is 11.6 Å². The Morgan fingerprint density at radius 1 is 1.33 bits per heavy atom. The van der Waals surface area contributed by atoms with Crippen molar-refractivity contribution in [2.45, 2.75) is 6.92 Å². The van der Waals surface area contributed by atoms with Crippen molar-refractivity contribution in [3.8, 4) is 0 Å². The normalized spacial score (nSPS) is 10.5. The molecule has 0 bridgehead atoms. The van der Waals surface area contributed by atoms with E-state index in [2.05, 4.69) is 10.2 Å². The summed E-state index contributed by atoms with van der Waals surface area (Å²) < 4.78 is 0. The topological polar surface area (TPSA) is 25.8 Å². The highest BCUT2D eigenvalue weighted by atomic mass is 35.5. The van der Waals surface area contributed by atoms with Crippen molar-refractivity contribution in [1.82, 2.24) is 10.2 Å². The van der Waals surface area contributed by atoms with Gasteiger partial charge in [-0.15, -0.1) is 5.10 Å². The van der Waals surface area contributed by atoms with E-state index in [0.717, 1.165) is 16.5 Å². The Morgan fingerprint density at radius 3 is 2.92 bits per heavy atom. The Balaban J connectivity index is 2.94. The van der Waals surface area contributed by atoms with Crippen LogP contribution in [0.4, 0.5) is 0 Å². The minimum Gasteiger partial charge on any atom is -0.158 e. The Bertz CT molecular complexity index is 385. The average molecular weight is 179 g/mol. The molecule has 60 valence electrons. The fourth-order valence-corrected chi connectivity index (χ4v) is 1.39. The first kappa shape index (κ1) is 7.50. The average Bonchev–Trinajstić information content (AvgIpc) is 2.07. The van der Waals surface area contributed by atoms with Crippen LogP contribution in [0, 0.1) is 6.92 Å². The fourth-order valence-electron chi connectivity index (χ4n) is 1.18. The molecule has 0 aliphatic heterocycles. The van der Waals surface area contributed by atoms with E-state index in [-0.39, 0.29) is 0 Å². The highest BCUT2D eigenvalue weighted by molar-refractivity contribution is 6.35. The van der Waals surface area contributed by atoms with Crippen molar-refractivity contribution < 1.29 is 0 Å². The summed E-state index contributed by atoms with van der Waals surface area (Å²) in [4.78, 5) is 0. The van der Waals surface area contributed by atoms with Gasteiger partial charge in [-0.2, -0.15) is 5.10 Å². The maximum Gasteiger partial charge on any atom is 0.112 e. The maximum absolute atomic E-state index is 5.93. The molecule has 0 aliphatic carbocycles. The number of aryl methyl sites for hydroxylation is 1. The predicted octanol–water partition coefficient (Wildman–Crippen LogP) is 2.59. The van der Waals surface area contributed by atoms with E-state index >= 15 is 0 Å². The molecule has 2 rings (SSSR count). The number of halogens is 1. The lowest BCUT2D eigenvalue weighted by Crippen LogP contribution is -1.86. The lowest BCUT2D eigenvalue weighted by molar-refractivity contribution is 1.06. The van der Waals surface area contributed by atoms with Crippen LogP contribution in [0.5, 0.6) is 0 Å². The van der Waals surface area contributed by atoms with Crippen LogP contribution in [0.25, 0.3) is 10.9 Å². The van der Waals surface area contributed by atoms with Gasteiger partial charge in [-0.05, 0) is 18.6 Å². The van der Waals surface area contributed by atoms with Crippen molar-refractivity contribution in [3.63, 3.8) is 0 Å². The van der Waals surface area contributed by atoms with Crippen LogP contribution in [0.2, 0.25) is 5.02 Å². The zero-order chi connectivity index (χ0) is 8.55. The smallest absolute Gasteiger partial charge is 0.112 e. The van der Waals surface area contributed by atoms with Gasteiger partial charge < -0.3 is 0 Å². The number of nitrogens with zero attached hydrogens (tertiary/aromatic N) is 2. The van der Waals surface area contributed by atoms with E-state index in [1.54, 1.807) is 6.20 Å². The third-order valence-electron chi connectivity index (χ3n) is 1.82. The summed E-state index contributed by atoms with van der Waals surface area (Å²) in [6, 6.07) is 5.72. The molecule has 0 aliphatic rings. The van der Waals surface area contributed by atoms with Crippen molar-refractivity contribution in [3.05, 3.63) is 35.0 Å². The lowest BCUT2D eigenvalue weighted by Gasteiger charge is -1.99. The second-order valence-electron chi connectivity index (χ2n) is 2.66. The lowest BCUT2D eigenvalue weighted by atomic mass is 10.1. The Labute approximate surface area is 75.2 Å². The molecule has 0 spiro atoms. The van der Waals surface area contributed by atoms with Gasteiger partial charge in [-0.1, -0.05) is 23.7 Å². The van der Waals surface area contributed by atoms with Gasteiger partial charge in [0.2, 0.25) is 0 Å². The number of hydrogen-bond acceptors (Lipinski definition) is 2. The third-order valence-corrected chi connectivity index (χ3v) is 2.13. The molecule has 3 heteroatoms. The first-order chi connectivity index (χ1) is 5.79. The number of hydrogen-bond donors (Lipinski definition) is 0. The fraction of sp³-hybridized carbons (Fsp3) is 0.111. The second-order valence-corrected chi connectivity index (χ2v) is 3.07. The molecule has 1 heterocycles. The zero-order valence-corrected chi connectivity index (χ0v) is 7.34. The van der Waals surface area contributed by atoms with Gasteiger partial charge in [0.05, 0.1) is 11.2 Å². The molecule has 0 atom stereocenters. The molecule has 0 unspecified atom stereocenters. The van der Waals surface area contributed by atoms with Gasteiger partial charge in [0.25, 0.3) is 0 Å². The van der Waals surface area contributed by atoms with Crippen LogP contribution in [0.15, 0.2) is 24.4 Å². The molecule has 0 saturated carbocycles. The Morgan fingerprint density at radius 2 is 2.17 bits per heavy atom. The van der Waals surface area contributed by atoms with Crippen LogP contribution in [0.1, 0.15) is 5.56 Å². The molecular formula is C9H7ClN2. The summed E-state index contributed by atoms with van der Waals surface area (Å²) in [6.45, 7) is 1.99. The second kappa shape index (κ2) is 2.72. The quantitative estimate of drug-likeness (QED) is 0.620. The highest BCUT2D eigenvalue weighted by Crippen LogP contribution is 2.21. The highest BCUT2D eigenvalue weighted by Gasteiger charge is 2.01. The predicted molar refractivity (Wildman–Crippen MR) is 49.3 cm³/mol. The Kier molecular flexibility index (Phi) is 1.70. The van der Waals surface area contributed by atoms with Gasteiger partial charge in [-0.25, -0.2) is 0 Å². The number of rotatable bonds is 0. The van der Waals surface area contributed by atoms with E-state index in [9.17, 15) is 0 Å². The molecule has 2 nitrogen and oxygen atoms in total. The zero-order valence-electron chi connectivity index (χ0n) is 6.58. The van der Waals surface area contributed by atoms with Crippen molar-refractivity contribution in [1.29, 1.82) is 0 Å². The summed E-state index contributed by atoms with van der Waals surface area (Å²) in [5, 5.41) is 9.52. The van der Waals surface area contributed by atoms with Crippen LogP contribution in [-0.4, -0.2) is 10.2 Å². The maximum atomic E-state index is 5.93. The number of aromatic nitrogens is 2. The van der Waals surface area contributed by atoms with E-state index in [0.29, 0.717) is 5.02 Å². The Hall–Kier alpha value is -1.15. The minimum absolute atomic E-state index is 0.656. The van der Waals surface area contributed by atoms with Crippen LogP contribution in [-0.2, 0) is 0 Å². The molecule has 1 aromatic carbocycles. The van der Waals surface area contributed by atoms with Gasteiger partial charge >= 0.3 is 0 Å². The SMILES string of the molecule is Cc1cnnc2c(Cl)cccc12. The van der Waals surface area contributed by atoms with E-state index in [1.807, 2.05) is 25.1 Å². The first-order valence-corrected chi connectivity index (χ1v) is 4.03. The molecule has 12 heavy (non-hydrogen) atoms. The van der Waals surface area contributed by atoms with Gasteiger partial charge in [-0.3, -0.25) is 0 Å². The molecule has 0 radical (unpaired) electrons. The summed E-state index contributed by atoms with van der Waals surface area (Å²) in [5.41, 5.74) is 1.88. The molecule has 1 aromatic heterocycles. The van der Waals surface area contributed by atoms with Crippen molar-refractivity contribution in [2.75, 3.05) is 0 Å². The minimum atomic E-state index is 0.656. The van der Waals surface area contributed by atoms with E-state index < -0.39 is 0 Å². The summed E-state index contributed by atoms with van der Waals surface area (Å²) in [7, 11) is 0. The third kappa shape index (κ3) is 1.04. The van der Waals surface area contributed by atoms with Gasteiger partial charge in [0.15, 0.2) is 0 Å². The van der Waals surface area contributed by atoms with Gasteiger partial charge in [0.1, 0.15) is 5.52 Å².